The van der Waals surface area contributed by atoms with E-state index in [9.17, 15) is 24.3 Å². The molecular weight excluding hydrogens is 745 g/mol. The minimum absolute atomic E-state index is 0.0397. The van der Waals surface area contributed by atoms with Gasteiger partial charge in [-0.25, -0.2) is 4.79 Å². The lowest BCUT2D eigenvalue weighted by molar-refractivity contribution is -0.167. The van der Waals surface area contributed by atoms with Gasteiger partial charge in [0.05, 0.1) is 23.1 Å². The molecule has 3 aromatic carbocycles. The minimum atomic E-state index is -1.20. The fourth-order valence-electron chi connectivity index (χ4n) is 7.69. The van der Waals surface area contributed by atoms with Crippen LogP contribution in [0.15, 0.2) is 79.4 Å². The smallest absolute Gasteiger partial charge is 0.336 e. The van der Waals surface area contributed by atoms with Crippen LogP contribution in [0.2, 0.25) is 0 Å². The quantitative estimate of drug-likeness (QED) is 0.0631. The highest BCUT2D eigenvalue weighted by Crippen LogP contribution is 2.59. The highest BCUT2D eigenvalue weighted by molar-refractivity contribution is 7.79. The van der Waals surface area contributed by atoms with Crippen LogP contribution in [-0.2, 0) is 15.3 Å². The summed E-state index contributed by atoms with van der Waals surface area (Å²) in [6.45, 7) is 28.9. The van der Waals surface area contributed by atoms with E-state index >= 15 is 0 Å². The SMILES string of the molecule is C=Cc1ccccc1C(=O)N(CCCOC(=O)C(C)(CC(C)(C)C(C)(C)C(CC(C)(C)C)c1ccc(CS)cc1)C(C)(C)C)CCNC(=O)c1ccccc1C(=O)O. The Kier molecular flexibility index (Phi) is 16.2. The summed E-state index contributed by atoms with van der Waals surface area (Å²) in [6.07, 6.45) is 3.57. The van der Waals surface area contributed by atoms with Gasteiger partial charge in [0.2, 0.25) is 0 Å². The lowest BCUT2D eigenvalue weighted by Crippen LogP contribution is -2.49. The summed E-state index contributed by atoms with van der Waals surface area (Å²) in [5.74, 6) is -1.36. The number of benzene rings is 3. The van der Waals surface area contributed by atoms with Crippen LogP contribution in [0.25, 0.3) is 6.08 Å². The molecule has 3 rings (SSSR count). The molecule has 2 amide bonds. The van der Waals surface area contributed by atoms with E-state index in [-0.39, 0.29) is 71.4 Å². The number of carbonyl (C=O) groups is 4. The van der Waals surface area contributed by atoms with E-state index in [0.717, 1.165) is 6.42 Å². The van der Waals surface area contributed by atoms with E-state index in [2.05, 4.69) is 118 Å². The predicted octanol–water partition coefficient (Wildman–Crippen LogP) is 11.0. The van der Waals surface area contributed by atoms with Crippen molar-refractivity contribution in [2.45, 2.75) is 107 Å². The van der Waals surface area contributed by atoms with Crippen LogP contribution in [0.1, 0.15) is 149 Å². The van der Waals surface area contributed by atoms with Gasteiger partial charge in [0, 0.05) is 31.0 Å². The number of hydrogen-bond donors (Lipinski definition) is 3. The van der Waals surface area contributed by atoms with Crippen molar-refractivity contribution >= 4 is 42.5 Å². The van der Waals surface area contributed by atoms with Crippen LogP contribution in [-0.4, -0.2) is 60.0 Å². The fraction of sp³-hybridized carbons (Fsp3) is 0.510. The summed E-state index contributed by atoms with van der Waals surface area (Å²) in [5, 5.41) is 12.3. The summed E-state index contributed by atoms with van der Waals surface area (Å²) in [5.41, 5.74) is 1.83. The van der Waals surface area contributed by atoms with E-state index in [1.807, 2.05) is 19.1 Å². The number of carbonyl (C=O) groups excluding carboxylic acids is 3. The maximum atomic E-state index is 14.4. The third kappa shape index (κ3) is 11.9. The number of aromatic carboxylic acids is 1. The molecule has 9 heteroatoms. The molecule has 0 radical (unpaired) electrons. The highest BCUT2D eigenvalue weighted by atomic mass is 32.1. The normalized spacial score (nSPS) is 13.9. The molecule has 0 heterocycles. The van der Waals surface area contributed by atoms with Gasteiger partial charge in [-0.2, -0.15) is 12.6 Å². The standard InChI is InChI=1S/C49H68N2O6S/c1-13-35-19-14-15-20-37(35)42(53)51(29-27-50-41(52)38-21-16-17-22-39(38)43(54)55)28-18-30-57-44(56)49(12,46(5,6)7)33-47(8,9)48(10,11)40(31-45(2,3)4)36-25-23-34(32-58)24-26-36/h13-17,19-26,40,58H,1,18,27-33H2,2-12H3,(H,50,52)(H,54,55). The average molecular weight is 813 g/mol. The molecule has 2 atom stereocenters. The van der Waals surface area contributed by atoms with Gasteiger partial charge in [-0.1, -0.05) is 136 Å². The first-order valence-corrected chi connectivity index (χ1v) is 21.0. The number of hydrogen-bond acceptors (Lipinski definition) is 6. The molecule has 8 nitrogen and oxygen atoms in total. The van der Waals surface area contributed by atoms with E-state index < -0.39 is 22.7 Å². The number of carboxylic acids is 1. The molecule has 316 valence electrons. The molecule has 0 aliphatic heterocycles. The number of carboxylic acid groups (broad SMARTS) is 1. The Labute approximate surface area is 353 Å². The molecule has 58 heavy (non-hydrogen) atoms. The van der Waals surface area contributed by atoms with Crippen molar-refractivity contribution in [2.75, 3.05) is 26.2 Å². The minimum Gasteiger partial charge on any atom is -0.478 e. The van der Waals surface area contributed by atoms with E-state index in [4.69, 9.17) is 4.74 Å². The van der Waals surface area contributed by atoms with Crippen LogP contribution in [0.3, 0.4) is 0 Å². The van der Waals surface area contributed by atoms with Crippen molar-refractivity contribution in [1.82, 2.24) is 10.2 Å². The second kappa shape index (κ2) is 19.6. The largest absolute Gasteiger partial charge is 0.478 e. The number of esters is 1. The predicted molar refractivity (Wildman–Crippen MR) is 239 cm³/mol. The van der Waals surface area contributed by atoms with Crippen LogP contribution in [0, 0.1) is 27.1 Å². The Hall–Kier alpha value is -4.37. The second-order valence-electron chi connectivity index (χ2n) is 19.3. The van der Waals surface area contributed by atoms with Crippen molar-refractivity contribution < 1.29 is 29.0 Å². The first-order valence-electron chi connectivity index (χ1n) is 20.4. The number of amides is 2. The lowest BCUT2D eigenvalue weighted by Gasteiger charge is -2.53. The Bertz CT molecular complexity index is 1900. The van der Waals surface area contributed by atoms with E-state index in [0.29, 0.717) is 29.7 Å². The number of nitrogens with one attached hydrogen (secondary N) is 1. The Morgan fingerprint density at radius 3 is 1.91 bits per heavy atom. The van der Waals surface area contributed by atoms with Crippen molar-refractivity contribution in [1.29, 1.82) is 0 Å². The zero-order valence-electron chi connectivity index (χ0n) is 36.8. The second-order valence-corrected chi connectivity index (χ2v) is 19.6. The number of thiol groups is 1. The van der Waals surface area contributed by atoms with Crippen LogP contribution in [0.4, 0.5) is 0 Å². The first kappa shape index (κ1) is 48.0. The van der Waals surface area contributed by atoms with Crippen molar-refractivity contribution in [3.63, 3.8) is 0 Å². The monoisotopic (exact) mass is 812 g/mol. The van der Waals surface area contributed by atoms with Crippen LogP contribution >= 0.6 is 12.6 Å². The third-order valence-corrected chi connectivity index (χ3v) is 12.8. The average Bonchev–Trinajstić information content (AvgIpc) is 3.16. The number of ether oxygens (including phenoxy) is 1. The van der Waals surface area contributed by atoms with Gasteiger partial charge < -0.3 is 20.1 Å². The van der Waals surface area contributed by atoms with Crippen LogP contribution < -0.4 is 5.32 Å². The molecular formula is C49H68N2O6S. The molecule has 0 saturated carbocycles. The molecule has 0 bridgehead atoms. The van der Waals surface area contributed by atoms with Crippen molar-refractivity contribution in [3.05, 3.63) is 113 Å². The Balaban J connectivity index is 1.81. The molecule has 0 fully saturated rings. The molecule has 2 unspecified atom stereocenters. The van der Waals surface area contributed by atoms with Gasteiger partial charge in [-0.15, -0.1) is 0 Å². The summed E-state index contributed by atoms with van der Waals surface area (Å²) in [7, 11) is 0. The van der Waals surface area contributed by atoms with Gasteiger partial charge in [0.1, 0.15) is 0 Å². The van der Waals surface area contributed by atoms with Gasteiger partial charge in [-0.05, 0) is 88.7 Å². The lowest BCUT2D eigenvalue weighted by atomic mass is 9.50. The maximum Gasteiger partial charge on any atom is 0.336 e. The van der Waals surface area contributed by atoms with Gasteiger partial charge in [-0.3, -0.25) is 14.4 Å². The Morgan fingerprint density at radius 2 is 1.38 bits per heavy atom. The third-order valence-electron chi connectivity index (χ3n) is 12.5. The number of nitrogens with zero attached hydrogens (tertiary/aromatic N) is 1. The summed E-state index contributed by atoms with van der Waals surface area (Å²) in [4.78, 5) is 54.6. The molecule has 3 aromatic rings. The highest BCUT2D eigenvalue weighted by Gasteiger charge is 2.54. The van der Waals surface area contributed by atoms with E-state index in [1.54, 1.807) is 35.2 Å². The summed E-state index contributed by atoms with van der Waals surface area (Å²) >= 11 is 4.48. The number of rotatable bonds is 19. The molecule has 0 saturated heterocycles. The summed E-state index contributed by atoms with van der Waals surface area (Å²) in [6, 6.07) is 22.0. The molecule has 0 aromatic heterocycles. The zero-order valence-corrected chi connectivity index (χ0v) is 37.7. The van der Waals surface area contributed by atoms with Gasteiger partial charge >= 0.3 is 11.9 Å². The molecule has 0 aliphatic rings. The maximum absolute atomic E-state index is 14.4. The van der Waals surface area contributed by atoms with Gasteiger partial charge in [0.15, 0.2) is 0 Å². The van der Waals surface area contributed by atoms with E-state index in [1.165, 1.54) is 23.3 Å². The molecule has 2 N–H and O–H groups in total. The summed E-state index contributed by atoms with van der Waals surface area (Å²) < 4.78 is 6.13. The Morgan fingerprint density at radius 1 is 0.810 bits per heavy atom. The van der Waals surface area contributed by atoms with Crippen molar-refractivity contribution in [3.8, 4) is 0 Å². The topological polar surface area (TPSA) is 113 Å². The fourth-order valence-corrected chi connectivity index (χ4v) is 7.90. The van der Waals surface area contributed by atoms with Crippen LogP contribution in [0.5, 0.6) is 0 Å². The molecule has 0 spiro atoms. The zero-order chi connectivity index (χ0) is 43.7. The first-order chi connectivity index (χ1) is 26.9. The van der Waals surface area contributed by atoms with Crippen molar-refractivity contribution in [2.24, 2.45) is 27.1 Å². The molecule has 0 aliphatic carbocycles. The van der Waals surface area contributed by atoms with Gasteiger partial charge in [0.25, 0.3) is 11.8 Å².